The molecule has 0 amide bonds. The number of nitrogens with zero attached hydrogens (tertiary/aromatic N) is 2. The summed E-state index contributed by atoms with van der Waals surface area (Å²) in [5.41, 5.74) is 2.05. The van der Waals surface area contributed by atoms with Crippen LogP contribution in [0.3, 0.4) is 0 Å². The number of halogens is 1. The second-order valence-corrected chi connectivity index (χ2v) is 5.08. The lowest BCUT2D eigenvalue weighted by atomic mass is 10.2. The number of nitrogens with one attached hydrogen (secondary N) is 2. The van der Waals surface area contributed by atoms with Gasteiger partial charge in [0.15, 0.2) is 5.96 Å². The molecule has 1 heterocycles. The van der Waals surface area contributed by atoms with E-state index in [1.165, 1.54) is 6.42 Å². The van der Waals surface area contributed by atoms with Gasteiger partial charge in [0, 0.05) is 25.7 Å². The largest absolute Gasteiger partial charge is 0.361 e. The van der Waals surface area contributed by atoms with Crippen LogP contribution in [0, 0.1) is 25.7 Å². The number of aliphatic imine (C=N–C) groups is 1. The Bertz CT molecular complexity index is 424. The summed E-state index contributed by atoms with van der Waals surface area (Å²) >= 11 is 0. The Morgan fingerprint density at radius 1 is 1.42 bits per heavy atom. The Hall–Kier alpha value is -0.790. The van der Waals surface area contributed by atoms with E-state index < -0.39 is 0 Å². The summed E-state index contributed by atoms with van der Waals surface area (Å²) in [5.74, 6) is 3.38. The smallest absolute Gasteiger partial charge is 0.191 e. The van der Waals surface area contributed by atoms with Crippen LogP contribution >= 0.6 is 24.0 Å². The highest BCUT2D eigenvalue weighted by atomic mass is 127. The van der Waals surface area contributed by atoms with E-state index in [2.05, 4.69) is 27.7 Å². The van der Waals surface area contributed by atoms with Crippen molar-refractivity contribution in [3.05, 3.63) is 17.0 Å². The number of hydrogen-bond acceptors (Lipinski definition) is 3. The van der Waals surface area contributed by atoms with E-state index in [-0.39, 0.29) is 24.0 Å². The zero-order valence-electron chi connectivity index (χ0n) is 12.0. The number of guanidine groups is 1. The first kappa shape index (κ1) is 16.3. The monoisotopic (exact) mass is 378 g/mol. The third-order valence-electron chi connectivity index (χ3n) is 3.65. The fraction of sp³-hybridized carbons (Fsp3) is 0.692. The predicted molar refractivity (Wildman–Crippen MR) is 86.9 cm³/mol. The van der Waals surface area contributed by atoms with Crippen LogP contribution in [0.15, 0.2) is 9.52 Å². The molecule has 108 valence electrons. The highest BCUT2D eigenvalue weighted by Gasteiger charge is 2.32. The molecule has 1 saturated carbocycles. The third-order valence-corrected chi connectivity index (χ3v) is 3.65. The Morgan fingerprint density at radius 3 is 2.58 bits per heavy atom. The molecule has 0 saturated heterocycles. The fourth-order valence-corrected chi connectivity index (χ4v) is 2.06. The van der Waals surface area contributed by atoms with E-state index in [1.54, 1.807) is 7.05 Å². The predicted octanol–water partition coefficient (Wildman–Crippen LogP) is 2.23. The van der Waals surface area contributed by atoms with E-state index in [0.29, 0.717) is 6.54 Å². The molecule has 0 aromatic carbocycles. The number of aryl methyl sites for hydroxylation is 2. The number of aromatic nitrogens is 1. The highest BCUT2D eigenvalue weighted by molar-refractivity contribution is 14.0. The van der Waals surface area contributed by atoms with Crippen molar-refractivity contribution < 1.29 is 4.52 Å². The minimum atomic E-state index is 0. The van der Waals surface area contributed by atoms with Gasteiger partial charge in [0.1, 0.15) is 5.76 Å². The minimum absolute atomic E-state index is 0. The fourth-order valence-electron chi connectivity index (χ4n) is 2.06. The molecule has 0 aliphatic heterocycles. The lowest BCUT2D eigenvalue weighted by Gasteiger charge is -2.11. The molecule has 1 aliphatic carbocycles. The molecule has 1 fully saturated rings. The van der Waals surface area contributed by atoms with Gasteiger partial charge >= 0.3 is 0 Å². The van der Waals surface area contributed by atoms with Gasteiger partial charge in [-0.25, -0.2) is 0 Å². The first-order chi connectivity index (χ1) is 8.61. The van der Waals surface area contributed by atoms with Gasteiger partial charge in [0.2, 0.25) is 0 Å². The topological polar surface area (TPSA) is 62.5 Å². The molecule has 1 aliphatic rings. The maximum absolute atomic E-state index is 5.13. The average molecular weight is 378 g/mol. The summed E-state index contributed by atoms with van der Waals surface area (Å²) in [6, 6.07) is 0. The summed E-state index contributed by atoms with van der Waals surface area (Å²) in [7, 11) is 1.79. The van der Waals surface area contributed by atoms with Crippen molar-refractivity contribution in [1.82, 2.24) is 15.8 Å². The van der Waals surface area contributed by atoms with Gasteiger partial charge in [-0.3, -0.25) is 4.99 Å². The standard InChI is InChI=1S/C13H22N4O.HI/c1-8-5-11(8)6-15-13(14-4)16-7-12-9(2)17-18-10(12)3;/h8,11H,5-7H2,1-4H3,(H2,14,15,16);1H. The average Bonchev–Trinajstić information content (AvgIpc) is 2.97. The Morgan fingerprint density at radius 2 is 2.11 bits per heavy atom. The van der Waals surface area contributed by atoms with Crippen LogP contribution in [0.25, 0.3) is 0 Å². The molecule has 2 atom stereocenters. The SMILES string of the molecule is CN=C(NCc1c(C)noc1C)NCC1CC1C.I. The highest BCUT2D eigenvalue weighted by Crippen LogP contribution is 2.36. The summed E-state index contributed by atoms with van der Waals surface area (Å²) in [6.45, 7) is 7.87. The maximum atomic E-state index is 5.13. The first-order valence-corrected chi connectivity index (χ1v) is 6.48. The van der Waals surface area contributed by atoms with Gasteiger partial charge in [0.25, 0.3) is 0 Å². The maximum Gasteiger partial charge on any atom is 0.191 e. The van der Waals surface area contributed by atoms with Crippen LogP contribution in [-0.4, -0.2) is 24.7 Å². The quantitative estimate of drug-likeness (QED) is 0.479. The third kappa shape index (κ3) is 4.36. The summed E-state index contributed by atoms with van der Waals surface area (Å²) in [4.78, 5) is 4.22. The lowest BCUT2D eigenvalue weighted by molar-refractivity contribution is 0.392. The van der Waals surface area contributed by atoms with Gasteiger partial charge < -0.3 is 15.2 Å². The minimum Gasteiger partial charge on any atom is -0.361 e. The molecule has 1 aromatic heterocycles. The molecule has 1 aromatic rings. The van der Waals surface area contributed by atoms with Crippen LogP contribution in [0.2, 0.25) is 0 Å². The number of hydrogen-bond donors (Lipinski definition) is 2. The molecule has 6 heteroatoms. The lowest BCUT2D eigenvalue weighted by Crippen LogP contribution is -2.38. The molecule has 5 nitrogen and oxygen atoms in total. The van der Waals surface area contributed by atoms with Crippen molar-refractivity contribution >= 4 is 29.9 Å². The molecule has 2 unspecified atom stereocenters. The van der Waals surface area contributed by atoms with Crippen LogP contribution in [0.1, 0.15) is 30.4 Å². The van der Waals surface area contributed by atoms with E-state index in [0.717, 1.165) is 41.4 Å². The van der Waals surface area contributed by atoms with E-state index in [9.17, 15) is 0 Å². The van der Waals surface area contributed by atoms with E-state index in [4.69, 9.17) is 4.52 Å². The molecule has 0 spiro atoms. The second kappa shape index (κ2) is 7.12. The molecule has 0 bridgehead atoms. The Balaban J connectivity index is 0.00000180. The van der Waals surface area contributed by atoms with Crippen molar-refractivity contribution in [2.24, 2.45) is 16.8 Å². The zero-order valence-corrected chi connectivity index (χ0v) is 14.3. The second-order valence-electron chi connectivity index (χ2n) is 5.08. The van der Waals surface area contributed by atoms with Gasteiger partial charge in [-0.15, -0.1) is 24.0 Å². The molecule has 2 N–H and O–H groups in total. The summed E-state index contributed by atoms with van der Waals surface area (Å²) < 4.78 is 5.13. The van der Waals surface area contributed by atoms with Gasteiger partial charge in [0.05, 0.1) is 5.69 Å². The van der Waals surface area contributed by atoms with E-state index in [1.807, 2.05) is 13.8 Å². The van der Waals surface area contributed by atoms with Crippen molar-refractivity contribution in [3.8, 4) is 0 Å². The van der Waals surface area contributed by atoms with Crippen molar-refractivity contribution in [2.45, 2.75) is 33.7 Å². The van der Waals surface area contributed by atoms with Gasteiger partial charge in [-0.1, -0.05) is 12.1 Å². The summed E-state index contributed by atoms with van der Waals surface area (Å²) in [5, 5.41) is 10.6. The molecular formula is C13H23IN4O. The summed E-state index contributed by atoms with van der Waals surface area (Å²) in [6.07, 6.45) is 1.33. The van der Waals surface area contributed by atoms with E-state index >= 15 is 0 Å². The zero-order chi connectivity index (χ0) is 13.1. The molecule has 19 heavy (non-hydrogen) atoms. The van der Waals surface area contributed by atoms with Gasteiger partial charge in [-0.2, -0.15) is 0 Å². The normalized spacial score (nSPS) is 21.8. The van der Waals surface area contributed by atoms with Crippen molar-refractivity contribution in [3.63, 3.8) is 0 Å². The van der Waals surface area contributed by atoms with Crippen LogP contribution in [-0.2, 0) is 6.54 Å². The van der Waals surface area contributed by atoms with Crippen molar-refractivity contribution in [1.29, 1.82) is 0 Å². The molecular weight excluding hydrogens is 355 g/mol. The first-order valence-electron chi connectivity index (χ1n) is 6.48. The van der Waals surface area contributed by atoms with Crippen LogP contribution in [0.5, 0.6) is 0 Å². The van der Waals surface area contributed by atoms with Crippen LogP contribution < -0.4 is 10.6 Å². The van der Waals surface area contributed by atoms with Crippen molar-refractivity contribution in [2.75, 3.05) is 13.6 Å². The number of rotatable bonds is 4. The Kier molecular flexibility index (Phi) is 6.09. The molecule has 0 radical (unpaired) electrons. The van der Waals surface area contributed by atoms with Crippen LogP contribution in [0.4, 0.5) is 0 Å². The van der Waals surface area contributed by atoms with Gasteiger partial charge in [-0.05, 0) is 32.1 Å². The molecule has 2 rings (SSSR count). The Labute approximate surface area is 131 Å².